The van der Waals surface area contributed by atoms with Crippen LogP contribution in [0.3, 0.4) is 0 Å². The first kappa shape index (κ1) is 11.8. The molecule has 0 saturated carbocycles. The summed E-state index contributed by atoms with van der Waals surface area (Å²) in [6.07, 6.45) is 0.618. The van der Waals surface area contributed by atoms with Gasteiger partial charge in [0.1, 0.15) is 5.82 Å². The number of hydrogen-bond acceptors (Lipinski definition) is 4. The molecule has 7 heteroatoms. The van der Waals surface area contributed by atoms with Gasteiger partial charge in [-0.15, -0.1) is 0 Å². The van der Waals surface area contributed by atoms with Crippen molar-refractivity contribution in [1.29, 1.82) is 0 Å². The SMILES string of the molecule is CCc1nc(OC)nc(C(Cl)(Cl)Cl)n1. The van der Waals surface area contributed by atoms with Gasteiger partial charge in [0, 0.05) is 6.42 Å². The van der Waals surface area contributed by atoms with Crippen LogP contribution in [0.15, 0.2) is 0 Å². The minimum atomic E-state index is -1.65. The van der Waals surface area contributed by atoms with Crippen LogP contribution in [0.5, 0.6) is 6.01 Å². The van der Waals surface area contributed by atoms with Gasteiger partial charge in [0.2, 0.25) is 3.79 Å². The average Bonchev–Trinajstić information content (AvgIpc) is 2.15. The molecular formula is C7H8Cl3N3O. The summed E-state index contributed by atoms with van der Waals surface area (Å²) in [5.41, 5.74) is 0. The number of ether oxygens (including phenoxy) is 1. The van der Waals surface area contributed by atoms with Crippen LogP contribution in [-0.4, -0.2) is 22.1 Å². The molecule has 14 heavy (non-hydrogen) atoms. The van der Waals surface area contributed by atoms with Crippen molar-refractivity contribution in [3.05, 3.63) is 11.6 Å². The van der Waals surface area contributed by atoms with E-state index in [4.69, 9.17) is 39.5 Å². The number of aromatic nitrogens is 3. The molecule has 1 rings (SSSR count). The number of halogens is 3. The first-order chi connectivity index (χ1) is 6.47. The molecule has 0 saturated heterocycles. The molecule has 0 aliphatic rings. The molecule has 0 bridgehead atoms. The van der Waals surface area contributed by atoms with Crippen LogP contribution < -0.4 is 4.74 Å². The summed E-state index contributed by atoms with van der Waals surface area (Å²) in [5.74, 6) is 0.601. The van der Waals surface area contributed by atoms with Gasteiger partial charge >= 0.3 is 6.01 Å². The lowest BCUT2D eigenvalue weighted by molar-refractivity contribution is 0.373. The Hall–Kier alpha value is -0.320. The third-order valence-corrected chi connectivity index (χ3v) is 1.92. The molecule has 0 atom stereocenters. The van der Waals surface area contributed by atoms with E-state index in [1.54, 1.807) is 0 Å². The number of aryl methyl sites for hydroxylation is 1. The molecule has 0 aliphatic heterocycles. The third-order valence-electron chi connectivity index (χ3n) is 1.41. The summed E-state index contributed by atoms with van der Waals surface area (Å²) in [7, 11) is 1.44. The molecule has 1 aromatic heterocycles. The van der Waals surface area contributed by atoms with Crippen molar-refractivity contribution in [1.82, 2.24) is 15.0 Å². The van der Waals surface area contributed by atoms with Gasteiger partial charge in [-0.05, 0) is 0 Å². The quantitative estimate of drug-likeness (QED) is 0.762. The Bertz CT molecular complexity index is 304. The van der Waals surface area contributed by atoms with Crippen molar-refractivity contribution in [2.24, 2.45) is 0 Å². The highest BCUT2D eigenvalue weighted by Crippen LogP contribution is 2.36. The highest BCUT2D eigenvalue weighted by Gasteiger charge is 2.28. The lowest BCUT2D eigenvalue weighted by Gasteiger charge is -2.10. The first-order valence-electron chi connectivity index (χ1n) is 3.83. The molecule has 4 nitrogen and oxygen atoms in total. The number of nitrogens with zero attached hydrogens (tertiary/aromatic N) is 3. The summed E-state index contributed by atoms with van der Waals surface area (Å²) >= 11 is 16.9. The summed E-state index contributed by atoms with van der Waals surface area (Å²) in [4.78, 5) is 11.8. The maximum atomic E-state index is 5.64. The van der Waals surface area contributed by atoms with Gasteiger partial charge in [-0.25, -0.2) is 4.98 Å². The second-order valence-electron chi connectivity index (χ2n) is 2.41. The topological polar surface area (TPSA) is 47.9 Å². The zero-order chi connectivity index (χ0) is 10.8. The van der Waals surface area contributed by atoms with Crippen molar-refractivity contribution >= 4 is 34.8 Å². The molecular weight excluding hydrogens is 248 g/mol. The lowest BCUT2D eigenvalue weighted by Crippen LogP contribution is -2.12. The van der Waals surface area contributed by atoms with Crippen molar-refractivity contribution in [2.45, 2.75) is 17.1 Å². The van der Waals surface area contributed by atoms with E-state index < -0.39 is 3.79 Å². The number of hydrogen-bond donors (Lipinski definition) is 0. The largest absolute Gasteiger partial charge is 0.467 e. The van der Waals surface area contributed by atoms with Crippen molar-refractivity contribution in [3.63, 3.8) is 0 Å². The van der Waals surface area contributed by atoms with Gasteiger partial charge < -0.3 is 4.74 Å². The highest BCUT2D eigenvalue weighted by molar-refractivity contribution is 6.66. The Morgan fingerprint density at radius 3 is 2.29 bits per heavy atom. The minimum absolute atomic E-state index is 0.0752. The smallest absolute Gasteiger partial charge is 0.319 e. The molecule has 0 unspecified atom stereocenters. The standard InChI is InChI=1S/C7H8Cl3N3O/c1-3-4-11-5(7(8,9)10)13-6(12-4)14-2/h3H2,1-2H3. The van der Waals surface area contributed by atoms with E-state index in [-0.39, 0.29) is 11.8 Å². The van der Waals surface area contributed by atoms with Gasteiger partial charge in [-0.1, -0.05) is 41.7 Å². The predicted molar refractivity (Wildman–Crippen MR) is 55.0 cm³/mol. The van der Waals surface area contributed by atoms with Gasteiger partial charge in [0.25, 0.3) is 0 Å². The fourth-order valence-corrected chi connectivity index (χ4v) is 1.03. The van der Waals surface area contributed by atoms with Gasteiger partial charge in [0.15, 0.2) is 5.82 Å². The molecule has 0 aliphatic carbocycles. The highest BCUT2D eigenvalue weighted by atomic mass is 35.6. The van der Waals surface area contributed by atoms with Crippen LogP contribution in [0.25, 0.3) is 0 Å². The monoisotopic (exact) mass is 255 g/mol. The molecule has 0 aromatic carbocycles. The predicted octanol–water partition coefficient (Wildman–Crippen LogP) is 2.27. The van der Waals surface area contributed by atoms with E-state index in [1.165, 1.54) is 7.11 Å². The minimum Gasteiger partial charge on any atom is -0.467 e. The molecule has 0 radical (unpaired) electrons. The second kappa shape index (κ2) is 4.47. The molecule has 0 fully saturated rings. The van der Waals surface area contributed by atoms with E-state index >= 15 is 0 Å². The number of rotatable bonds is 2. The van der Waals surface area contributed by atoms with E-state index in [2.05, 4.69) is 15.0 Å². The van der Waals surface area contributed by atoms with Crippen molar-refractivity contribution < 1.29 is 4.74 Å². The van der Waals surface area contributed by atoms with Gasteiger partial charge in [-0.3, -0.25) is 0 Å². The molecule has 1 aromatic rings. The van der Waals surface area contributed by atoms with Crippen LogP contribution in [-0.2, 0) is 10.2 Å². The summed E-state index contributed by atoms with van der Waals surface area (Å²) < 4.78 is 3.20. The van der Waals surface area contributed by atoms with E-state index in [9.17, 15) is 0 Å². The zero-order valence-electron chi connectivity index (χ0n) is 7.59. The zero-order valence-corrected chi connectivity index (χ0v) is 9.86. The van der Waals surface area contributed by atoms with Gasteiger partial charge in [-0.2, -0.15) is 9.97 Å². The number of alkyl halides is 3. The summed E-state index contributed by atoms with van der Waals surface area (Å²) in [6.45, 7) is 1.89. The van der Waals surface area contributed by atoms with E-state index in [0.29, 0.717) is 12.2 Å². The molecule has 0 N–H and O–H groups in total. The molecule has 0 amide bonds. The fraction of sp³-hybridized carbons (Fsp3) is 0.571. The Kier molecular flexibility index (Phi) is 3.75. The van der Waals surface area contributed by atoms with Crippen molar-refractivity contribution in [3.8, 4) is 6.01 Å². The fourth-order valence-electron chi connectivity index (χ4n) is 0.774. The first-order valence-corrected chi connectivity index (χ1v) is 4.97. The van der Waals surface area contributed by atoms with Crippen LogP contribution in [0.1, 0.15) is 18.6 Å². The molecule has 1 heterocycles. The Morgan fingerprint density at radius 1 is 1.21 bits per heavy atom. The summed E-state index contributed by atoms with van der Waals surface area (Å²) in [5, 5.41) is 0. The van der Waals surface area contributed by atoms with Gasteiger partial charge in [0.05, 0.1) is 7.11 Å². The third kappa shape index (κ3) is 2.83. The van der Waals surface area contributed by atoms with Crippen LogP contribution in [0, 0.1) is 0 Å². The number of methoxy groups -OCH3 is 1. The molecule has 78 valence electrons. The summed E-state index contributed by atoms with van der Waals surface area (Å²) in [6, 6.07) is 0.151. The van der Waals surface area contributed by atoms with Crippen molar-refractivity contribution in [2.75, 3.05) is 7.11 Å². The van der Waals surface area contributed by atoms with Crippen LogP contribution in [0.4, 0.5) is 0 Å². The normalized spacial score (nSPS) is 11.5. The van der Waals surface area contributed by atoms with E-state index in [0.717, 1.165) is 0 Å². The maximum absolute atomic E-state index is 5.64. The van der Waals surface area contributed by atoms with E-state index in [1.807, 2.05) is 6.92 Å². The Labute approximate surface area is 96.6 Å². The second-order valence-corrected chi connectivity index (χ2v) is 4.69. The average molecular weight is 257 g/mol. The Balaban J connectivity index is 3.17. The molecule has 0 spiro atoms. The van der Waals surface area contributed by atoms with Crippen LogP contribution in [0.2, 0.25) is 0 Å². The maximum Gasteiger partial charge on any atom is 0.319 e. The lowest BCUT2D eigenvalue weighted by atomic mass is 10.4. The van der Waals surface area contributed by atoms with Crippen LogP contribution >= 0.6 is 34.8 Å². The Morgan fingerprint density at radius 2 is 1.86 bits per heavy atom.